The first kappa shape index (κ1) is 13.3. The standard InChI is InChI=1S/C10H9ClN2O3S2/c11-8-2-1-3-12-10(8)13-18(15,16)9-4-7(5-14)6-17-9/h1-4,6,14H,5H2,(H,12,13). The van der Waals surface area contributed by atoms with Crippen LogP contribution in [0.3, 0.4) is 0 Å². The summed E-state index contributed by atoms with van der Waals surface area (Å²) in [5.41, 5.74) is 0.549. The first-order chi connectivity index (χ1) is 8.53. The minimum absolute atomic E-state index is 0.0816. The Labute approximate surface area is 113 Å². The molecule has 0 unspecified atom stereocenters. The van der Waals surface area contributed by atoms with E-state index in [9.17, 15) is 8.42 Å². The van der Waals surface area contributed by atoms with Crippen LogP contribution in [0.4, 0.5) is 5.82 Å². The van der Waals surface area contributed by atoms with Gasteiger partial charge in [0.2, 0.25) is 0 Å². The zero-order valence-electron chi connectivity index (χ0n) is 9.00. The van der Waals surface area contributed by atoms with Crippen LogP contribution >= 0.6 is 22.9 Å². The van der Waals surface area contributed by atoms with Gasteiger partial charge in [0.1, 0.15) is 4.21 Å². The fourth-order valence-electron chi connectivity index (χ4n) is 1.22. The number of thiophene rings is 1. The average molecular weight is 305 g/mol. The second kappa shape index (κ2) is 5.23. The lowest BCUT2D eigenvalue weighted by atomic mass is 10.4. The van der Waals surface area contributed by atoms with Crippen LogP contribution in [0.15, 0.2) is 34.0 Å². The first-order valence-electron chi connectivity index (χ1n) is 4.84. The number of sulfonamides is 1. The van der Waals surface area contributed by atoms with Crippen LogP contribution < -0.4 is 4.72 Å². The van der Waals surface area contributed by atoms with Crippen molar-refractivity contribution in [2.75, 3.05) is 4.72 Å². The van der Waals surface area contributed by atoms with E-state index in [0.717, 1.165) is 11.3 Å². The van der Waals surface area contributed by atoms with E-state index in [-0.39, 0.29) is 21.7 Å². The summed E-state index contributed by atoms with van der Waals surface area (Å²) in [5, 5.41) is 10.7. The molecule has 0 radical (unpaired) electrons. The van der Waals surface area contributed by atoms with Crippen LogP contribution in [0.1, 0.15) is 5.56 Å². The van der Waals surface area contributed by atoms with Gasteiger partial charge in [-0.3, -0.25) is 4.72 Å². The molecule has 2 rings (SSSR count). The second-order valence-corrected chi connectivity index (χ2v) is 6.60. The molecule has 2 aromatic rings. The molecule has 0 fully saturated rings. The number of nitrogens with zero attached hydrogens (tertiary/aromatic N) is 1. The number of hydrogen-bond acceptors (Lipinski definition) is 5. The summed E-state index contributed by atoms with van der Waals surface area (Å²) >= 11 is 6.85. The normalized spacial score (nSPS) is 11.4. The lowest BCUT2D eigenvalue weighted by molar-refractivity contribution is 0.282. The summed E-state index contributed by atoms with van der Waals surface area (Å²) in [6.07, 6.45) is 1.44. The predicted octanol–water partition coefficient (Wildman–Crippen LogP) is 2.09. The van der Waals surface area contributed by atoms with Gasteiger partial charge in [-0.1, -0.05) is 11.6 Å². The summed E-state index contributed by atoms with van der Waals surface area (Å²) in [6.45, 7) is -0.198. The molecule has 0 aromatic carbocycles. The molecule has 2 aromatic heterocycles. The summed E-state index contributed by atoms with van der Waals surface area (Å²) in [6, 6.07) is 4.55. The zero-order valence-corrected chi connectivity index (χ0v) is 11.4. The number of aromatic nitrogens is 1. The van der Waals surface area contributed by atoms with Crippen molar-refractivity contribution in [3.05, 3.63) is 40.4 Å². The molecule has 18 heavy (non-hydrogen) atoms. The minimum atomic E-state index is -3.71. The van der Waals surface area contributed by atoms with Gasteiger partial charge in [-0.05, 0) is 29.1 Å². The highest BCUT2D eigenvalue weighted by Gasteiger charge is 2.18. The largest absolute Gasteiger partial charge is 0.392 e. The summed E-state index contributed by atoms with van der Waals surface area (Å²) in [4.78, 5) is 3.85. The van der Waals surface area contributed by atoms with E-state index in [0.29, 0.717) is 5.56 Å². The highest BCUT2D eigenvalue weighted by atomic mass is 35.5. The van der Waals surface area contributed by atoms with Gasteiger partial charge in [0.25, 0.3) is 10.0 Å². The number of anilines is 1. The molecule has 2 N–H and O–H groups in total. The van der Waals surface area contributed by atoms with Gasteiger partial charge < -0.3 is 5.11 Å². The monoisotopic (exact) mass is 304 g/mol. The van der Waals surface area contributed by atoms with Crippen molar-refractivity contribution in [1.29, 1.82) is 0 Å². The Morgan fingerprint density at radius 3 is 2.89 bits per heavy atom. The van der Waals surface area contributed by atoms with Gasteiger partial charge in [-0.2, -0.15) is 0 Å². The fourth-order valence-corrected chi connectivity index (χ4v) is 3.67. The van der Waals surface area contributed by atoms with E-state index >= 15 is 0 Å². The molecule has 0 aliphatic carbocycles. The van der Waals surface area contributed by atoms with Crippen molar-refractivity contribution in [3.8, 4) is 0 Å². The zero-order chi connectivity index (χ0) is 13.2. The lowest BCUT2D eigenvalue weighted by Crippen LogP contribution is -2.12. The van der Waals surface area contributed by atoms with Crippen molar-refractivity contribution in [3.63, 3.8) is 0 Å². The van der Waals surface area contributed by atoms with Crippen molar-refractivity contribution >= 4 is 38.8 Å². The number of aliphatic hydroxyl groups excluding tert-OH is 1. The Bertz CT molecular complexity index is 655. The van der Waals surface area contributed by atoms with Crippen LogP contribution in [-0.2, 0) is 16.6 Å². The average Bonchev–Trinajstić information content (AvgIpc) is 2.81. The third-order valence-corrected chi connectivity index (χ3v) is 5.20. The maximum Gasteiger partial charge on any atom is 0.272 e. The summed E-state index contributed by atoms with van der Waals surface area (Å²) in [7, 11) is -3.71. The number of nitrogens with one attached hydrogen (secondary N) is 1. The third-order valence-electron chi connectivity index (χ3n) is 2.07. The van der Waals surface area contributed by atoms with Gasteiger partial charge in [0.15, 0.2) is 5.82 Å². The molecular formula is C10H9ClN2O3S2. The maximum atomic E-state index is 12.0. The van der Waals surface area contributed by atoms with Crippen molar-refractivity contribution in [2.24, 2.45) is 0 Å². The van der Waals surface area contributed by atoms with Crippen LogP contribution in [0, 0.1) is 0 Å². The highest BCUT2D eigenvalue weighted by molar-refractivity contribution is 7.94. The molecule has 0 saturated carbocycles. The molecule has 0 amide bonds. The van der Waals surface area contributed by atoms with E-state index < -0.39 is 10.0 Å². The van der Waals surface area contributed by atoms with Crippen LogP contribution in [0.25, 0.3) is 0 Å². The summed E-state index contributed by atoms with van der Waals surface area (Å²) in [5.74, 6) is 0.0816. The van der Waals surface area contributed by atoms with Crippen molar-refractivity contribution in [1.82, 2.24) is 4.98 Å². The SMILES string of the molecule is O=S(=O)(Nc1ncccc1Cl)c1cc(CO)cs1. The van der Waals surface area contributed by atoms with E-state index in [1.807, 2.05) is 0 Å². The number of halogens is 1. The number of rotatable bonds is 4. The van der Waals surface area contributed by atoms with Crippen LogP contribution in [0.5, 0.6) is 0 Å². The Morgan fingerprint density at radius 2 is 2.28 bits per heavy atom. The molecule has 0 atom stereocenters. The third kappa shape index (κ3) is 2.81. The quantitative estimate of drug-likeness (QED) is 0.906. The molecule has 8 heteroatoms. The fraction of sp³-hybridized carbons (Fsp3) is 0.100. The van der Waals surface area contributed by atoms with Crippen LogP contribution in [-0.4, -0.2) is 18.5 Å². The Balaban J connectivity index is 2.30. The first-order valence-corrected chi connectivity index (χ1v) is 7.58. The van der Waals surface area contributed by atoms with Crippen molar-refractivity contribution in [2.45, 2.75) is 10.8 Å². The van der Waals surface area contributed by atoms with E-state index in [4.69, 9.17) is 16.7 Å². The molecule has 96 valence electrons. The molecule has 0 bridgehead atoms. The van der Waals surface area contributed by atoms with E-state index in [2.05, 4.69) is 9.71 Å². The molecule has 0 aliphatic heterocycles. The predicted molar refractivity (Wildman–Crippen MR) is 70.3 cm³/mol. The molecular weight excluding hydrogens is 296 g/mol. The maximum absolute atomic E-state index is 12.0. The second-order valence-electron chi connectivity index (χ2n) is 3.37. The number of aliphatic hydroxyl groups is 1. The Kier molecular flexibility index (Phi) is 3.86. The van der Waals surface area contributed by atoms with Gasteiger partial charge in [0.05, 0.1) is 11.6 Å². The van der Waals surface area contributed by atoms with Gasteiger partial charge in [0, 0.05) is 6.20 Å². The van der Waals surface area contributed by atoms with Gasteiger partial charge >= 0.3 is 0 Å². The number of hydrogen-bond donors (Lipinski definition) is 2. The van der Waals surface area contributed by atoms with E-state index in [1.54, 1.807) is 17.5 Å². The van der Waals surface area contributed by atoms with Gasteiger partial charge in [-0.15, -0.1) is 11.3 Å². The Morgan fingerprint density at radius 1 is 1.50 bits per heavy atom. The Hall–Kier alpha value is -1.15. The lowest BCUT2D eigenvalue weighted by Gasteiger charge is -2.06. The molecule has 2 heterocycles. The van der Waals surface area contributed by atoms with Crippen LogP contribution in [0.2, 0.25) is 5.02 Å². The molecule has 0 spiro atoms. The smallest absolute Gasteiger partial charge is 0.272 e. The summed E-state index contributed by atoms with van der Waals surface area (Å²) < 4.78 is 26.4. The van der Waals surface area contributed by atoms with E-state index in [1.165, 1.54) is 12.3 Å². The topological polar surface area (TPSA) is 79.3 Å². The molecule has 0 saturated heterocycles. The van der Waals surface area contributed by atoms with Gasteiger partial charge in [-0.25, -0.2) is 13.4 Å². The number of pyridine rings is 1. The molecule has 5 nitrogen and oxygen atoms in total. The minimum Gasteiger partial charge on any atom is -0.392 e. The molecule has 0 aliphatic rings. The highest BCUT2D eigenvalue weighted by Crippen LogP contribution is 2.25. The van der Waals surface area contributed by atoms with Crippen molar-refractivity contribution < 1.29 is 13.5 Å².